The minimum absolute atomic E-state index is 0.136. The van der Waals surface area contributed by atoms with Crippen LogP contribution in [0.15, 0.2) is 42.5 Å². The summed E-state index contributed by atoms with van der Waals surface area (Å²) in [5.74, 6) is 2.13. The van der Waals surface area contributed by atoms with Crippen molar-refractivity contribution < 1.29 is 43.1 Å². The molecule has 1 saturated heterocycles. The number of unbranched alkanes of at least 4 members (excludes halogenated alkanes) is 1. The number of nitrogens with one attached hydrogen (secondary N) is 3. The van der Waals surface area contributed by atoms with Crippen LogP contribution in [0.4, 0.5) is 9.59 Å². The van der Waals surface area contributed by atoms with Gasteiger partial charge >= 0.3 is 12.2 Å². The first-order chi connectivity index (χ1) is 25.7. The number of rotatable bonds is 22. The van der Waals surface area contributed by atoms with Gasteiger partial charge in [0, 0.05) is 51.2 Å². The SMILES string of the molecule is COc1ccc(CCO[C@@H]2CCCCC2N2CC[C@@H](OC(=O)NCCCCNC(=O)OCCc3ccc(OCC(O)CNC(C)C)cc3)C2)cc1OC. The Kier molecular flexibility index (Phi) is 18.3. The highest BCUT2D eigenvalue weighted by molar-refractivity contribution is 5.67. The van der Waals surface area contributed by atoms with Crippen LogP contribution in [-0.2, 0) is 27.1 Å². The van der Waals surface area contributed by atoms with Crippen LogP contribution in [-0.4, -0.2) is 119 Å². The van der Waals surface area contributed by atoms with Gasteiger partial charge in [0.05, 0.1) is 33.5 Å². The molecule has 2 aromatic carbocycles. The molecule has 4 atom stereocenters. The van der Waals surface area contributed by atoms with Crippen molar-refractivity contribution in [1.29, 1.82) is 0 Å². The first-order valence-corrected chi connectivity index (χ1v) is 19.3. The summed E-state index contributed by atoms with van der Waals surface area (Å²) in [5.41, 5.74) is 2.16. The van der Waals surface area contributed by atoms with Gasteiger partial charge in [0.2, 0.25) is 0 Å². The van der Waals surface area contributed by atoms with Gasteiger partial charge < -0.3 is 49.5 Å². The van der Waals surface area contributed by atoms with E-state index in [2.05, 4.69) is 26.9 Å². The molecule has 0 bridgehead atoms. The van der Waals surface area contributed by atoms with E-state index in [0.717, 1.165) is 61.4 Å². The van der Waals surface area contributed by atoms with Crippen LogP contribution in [0.2, 0.25) is 0 Å². The normalized spacial score (nSPS) is 19.4. The maximum Gasteiger partial charge on any atom is 0.407 e. The zero-order valence-corrected chi connectivity index (χ0v) is 32.1. The molecule has 13 nitrogen and oxygen atoms in total. The summed E-state index contributed by atoms with van der Waals surface area (Å²) in [5, 5.41) is 18.8. The number of aliphatic hydroxyl groups excluding tert-OH is 1. The Morgan fingerprint density at radius 2 is 1.57 bits per heavy atom. The zero-order chi connectivity index (χ0) is 37.8. The monoisotopic (exact) mass is 742 g/mol. The first-order valence-electron chi connectivity index (χ1n) is 19.3. The van der Waals surface area contributed by atoms with E-state index in [4.69, 9.17) is 28.4 Å². The molecule has 1 aliphatic carbocycles. The van der Waals surface area contributed by atoms with Crippen molar-refractivity contribution in [3.8, 4) is 17.2 Å². The van der Waals surface area contributed by atoms with Crippen LogP contribution >= 0.6 is 0 Å². The van der Waals surface area contributed by atoms with E-state index in [1.165, 1.54) is 12.8 Å². The predicted octanol–water partition coefficient (Wildman–Crippen LogP) is 4.86. The second-order valence-electron chi connectivity index (χ2n) is 14.1. The van der Waals surface area contributed by atoms with E-state index >= 15 is 0 Å². The highest BCUT2D eigenvalue weighted by Gasteiger charge is 2.36. The molecule has 2 aliphatic rings. The molecule has 2 fully saturated rings. The number of aliphatic hydroxyl groups is 1. The average Bonchev–Trinajstić information content (AvgIpc) is 3.63. The standard InChI is InChI=1S/C40H62N4O9/c1-29(2)43-26-32(45)28-52-33-14-11-30(12-15-33)18-24-51-39(46)41-20-7-8-21-42-40(47)53-34-17-22-44(27-34)35-9-5-6-10-36(35)50-23-19-31-13-16-37(48-3)38(25-31)49-4/h11-16,25,29,32,34-36,43,45H,5-10,17-24,26-28H2,1-4H3,(H,41,46)(H,42,47)/t32?,34-,35?,36-/m1/s1. The van der Waals surface area contributed by atoms with Crippen molar-refractivity contribution in [1.82, 2.24) is 20.9 Å². The number of benzene rings is 2. The van der Waals surface area contributed by atoms with Gasteiger partial charge in [0.15, 0.2) is 11.5 Å². The quantitative estimate of drug-likeness (QED) is 0.123. The molecule has 53 heavy (non-hydrogen) atoms. The second kappa shape index (κ2) is 23.1. The Balaban J connectivity index is 1.02. The zero-order valence-electron chi connectivity index (χ0n) is 32.1. The molecule has 4 N–H and O–H groups in total. The predicted molar refractivity (Wildman–Crippen MR) is 203 cm³/mol. The van der Waals surface area contributed by atoms with Crippen molar-refractivity contribution in [2.24, 2.45) is 0 Å². The van der Waals surface area contributed by atoms with Crippen LogP contribution in [0.25, 0.3) is 0 Å². The van der Waals surface area contributed by atoms with Gasteiger partial charge in [0.1, 0.15) is 24.6 Å². The molecule has 2 aromatic rings. The van der Waals surface area contributed by atoms with E-state index in [1.807, 2.05) is 50.2 Å². The highest BCUT2D eigenvalue weighted by atomic mass is 16.6. The summed E-state index contributed by atoms with van der Waals surface area (Å²) in [6.45, 7) is 8.18. The number of hydrogen-bond acceptors (Lipinski definition) is 11. The van der Waals surface area contributed by atoms with Crippen molar-refractivity contribution in [3.63, 3.8) is 0 Å². The van der Waals surface area contributed by atoms with E-state index < -0.39 is 18.3 Å². The van der Waals surface area contributed by atoms with E-state index in [9.17, 15) is 14.7 Å². The van der Waals surface area contributed by atoms with Gasteiger partial charge in [0.25, 0.3) is 0 Å². The molecule has 0 radical (unpaired) electrons. The van der Waals surface area contributed by atoms with Crippen molar-refractivity contribution in [2.45, 2.75) is 102 Å². The Labute approximate surface area is 315 Å². The lowest BCUT2D eigenvalue weighted by atomic mass is 9.91. The molecule has 13 heteroatoms. The van der Waals surface area contributed by atoms with Gasteiger partial charge in [-0.1, -0.05) is 44.9 Å². The molecule has 1 heterocycles. The van der Waals surface area contributed by atoms with E-state index in [0.29, 0.717) is 63.3 Å². The number of methoxy groups -OCH3 is 2. The smallest absolute Gasteiger partial charge is 0.407 e. The summed E-state index contributed by atoms with van der Waals surface area (Å²) in [4.78, 5) is 27.0. The lowest BCUT2D eigenvalue weighted by Crippen LogP contribution is -2.46. The summed E-state index contributed by atoms with van der Waals surface area (Å²) in [6, 6.07) is 14.2. The third-order valence-corrected chi connectivity index (χ3v) is 9.65. The molecular weight excluding hydrogens is 680 g/mol. The fourth-order valence-electron chi connectivity index (χ4n) is 6.72. The number of hydrogen-bond donors (Lipinski definition) is 4. The van der Waals surface area contributed by atoms with Crippen LogP contribution < -0.4 is 30.2 Å². The topological polar surface area (TPSA) is 149 Å². The van der Waals surface area contributed by atoms with Gasteiger partial charge in [-0.15, -0.1) is 0 Å². The molecule has 0 aromatic heterocycles. The molecule has 296 valence electrons. The number of likely N-dealkylation sites (tertiary alicyclic amines) is 1. The largest absolute Gasteiger partial charge is 0.493 e. The lowest BCUT2D eigenvalue weighted by molar-refractivity contribution is -0.0319. The number of carbonyl (C=O) groups is 2. The van der Waals surface area contributed by atoms with Crippen LogP contribution in [0.5, 0.6) is 17.2 Å². The van der Waals surface area contributed by atoms with Gasteiger partial charge in [-0.05, 0) is 73.9 Å². The van der Waals surface area contributed by atoms with Gasteiger partial charge in [-0.25, -0.2) is 9.59 Å². The maximum absolute atomic E-state index is 12.5. The minimum Gasteiger partial charge on any atom is -0.493 e. The van der Waals surface area contributed by atoms with Crippen LogP contribution in [0, 0.1) is 0 Å². The molecule has 1 saturated carbocycles. The molecular formula is C40H62N4O9. The van der Waals surface area contributed by atoms with Crippen molar-refractivity contribution >= 4 is 12.2 Å². The van der Waals surface area contributed by atoms with E-state index in [-0.39, 0.29) is 25.4 Å². The molecule has 0 spiro atoms. The third kappa shape index (κ3) is 15.2. The summed E-state index contributed by atoms with van der Waals surface area (Å²) >= 11 is 0. The van der Waals surface area contributed by atoms with Gasteiger partial charge in [-0.3, -0.25) is 4.90 Å². The lowest BCUT2D eigenvalue weighted by Gasteiger charge is -2.37. The fourth-order valence-corrected chi connectivity index (χ4v) is 6.72. The fraction of sp³-hybridized carbons (Fsp3) is 0.650. The number of amides is 2. The molecule has 2 unspecified atom stereocenters. The number of nitrogens with zero attached hydrogens (tertiary/aromatic N) is 1. The van der Waals surface area contributed by atoms with Crippen LogP contribution in [0.1, 0.15) is 69.9 Å². The Bertz CT molecular complexity index is 1360. The molecule has 1 aliphatic heterocycles. The minimum atomic E-state index is -0.581. The van der Waals surface area contributed by atoms with E-state index in [1.54, 1.807) is 14.2 Å². The summed E-state index contributed by atoms with van der Waals surface area (Å²) in [6.07, 6.45) is 6.68. The van der Waals surface area contributed by atoms with Crippen molar-refractivity contribution in [3.05, 3.63) is 53.6 Å². The Morgan fingerprint density at radius 3 is 2.30 bits per heavy atom. The van der Waals surface area contributed by atoms with Crippen molar-refractivity contribution in [2.75, 3.05) is 66.8 Å². The number of alkyl carbamates (subject to hydrolysis) is 2. The highest BCUT2D eigenvalue weighted by Crippen LogP contribution is 2.30. The first kappa shape index (κ1) is 42.0. The summed E-state index contributed by atoms with van der Waals surface area (Å²) in [7, 11) is 3.28. The molecule has 4 rings (SSSR count). The number of ether oxygens (including phenoxy) is 6. The third-order valence-electron chi connectivity index (χ3n) is 9.65. The summed E-state index contributed by atoms with van der Waals surface area (Å²) < 4.78 is 33.9. The average molecular weight is 743 g/mol. The second-order valence-corrected chi connectivity index (χ2v) is 14.1. The molecule has 2 amide bonds. The maximum atomic E-state index is 12.5. The van der Waals surface area contributed by atoms with Crippen LogP contribution in [0.3, 0.4) is 0 Å². The number of carbonyl (C=O) groups excluding carboxylic acids is 2. The Hall–Kier alpha value is -3.78. The Morgan fingerprint density at radius 1 is 0.868 bits per heavy atom. The van der Waals surface area contributed by atoms with Gasteiger partial charge in [-0.2, -0.15) is 0 Å².